The Kier molecular flexibility index (Phi) is 3.92. The van der Waals surface area contributed by atoms with Crippen molar-refractivity contribution in [2.45, 2.75) is 38.1 Å². The minimum absolute atomic E-state index is 0.216. The molecule has 3 rings (SSSR count). The number of phenols is 1. The summed E-state index contributed by atoms with van der Waals surface area (Å²) in [7, 11) is 0. The van der Waals surface area contributed by atoms with Crippen molar-refractivity contribution >= 4 is 5.91 Å². The van der Waals surface area contributed by atoms with Gasteiger partial charge < -0.3 is 15.3 Å². The van der Waals surface area contributed by atoms with Crippen LogP contribution in [0.4, 0.5) is 0 Å². The topological polar surface area (TPSA) is 52.6 Å². The van der Waals surface area contributed by atoms with Crippen LogP contribution in [0.1, 0.15) is 42.9 Å². The summed E-state index contributed by atoms with van der Waals surface area (Å²) in [5.74, 6) is 0.547. The number of carbonyl (C=O) groups excluding carboxylic acids is 1. The monoisotopic (exact) mass is 274 g/mol. The third kappa shape index (κ3) is 2.80. The van der Waals surface area contributed by atoms with E-state index in [-0.39, 0.29) is 11.9 Å². The van der Waals surface area contributed by atoms with Gasteiger partial charge in [0.25, 0.3) is 0 Å². The Labute approximate surface area is 119 Å². The molecule has 1 aromatic carbocycles. The van der Waals surface area contributed by atoms with E-state index in [2.05, 4.69) is 5.32 Å². The van der Waals surface area contributed by atoms with E-state index in [0.29, 0.717) is 12.3 Å². The highest BCUT2D eigenvalue weighted by Gasteiger charge is 2.23. The van der Waals surface area contributed by atoms with Crippen LogP contribution >= 0.6 is 0 Å². The van der Waals surface area contributed by atoms with Gasteiger partial charge >= 0.3 is 0 Å². The first-order valence-corrected chi connectivity index (χ1v) is 7.57. The molecule has 0 bridgehead atoms. The number of amides is 1. The summed E-state index contributed by atoms with van der Waals surface area (Å²) in [6.45, 7) is 2.25. The Hall–Kier alpha value is -1.55. The number of rotatable bonds is 3. The van der Waals surface area contributed by atoms with Crippen LogP contribution < -0.4 is 5.32 Å². The highest BCUT2D eigenvalue weighted by Crippen LogP contribution is 2.31. The minimum Gasteiger partial charge on any atom is -0.508 e. The number of hydrogen-bond donors (Lipinski definition) is 2. The van der Waals surface area contributed by atoms with Gasteiger partial charge in [-0.05, 0) is 55.4 Å². The molecule has 1 atom stereocenters. The molecule has 2 N–H and O–H groups in total. The Bertz CT molecular complexity index is 495. The molecule has 2 aliphatic rings. The lowest BCUT2D eigenvalue weighted by Crippen LogP contribution is -2.38. The van der Waals surface area contributed by atoms with Crippen molar-refractivity contribution in [2.24, 2.45) is 0 Å². The highest BCUT2D eigenvalue weighted by atomic mass is 16.3. The lowest BCUT2D eigenvalue weighted by atomic mass is 9.87. The lowest BCUT2D eigenvalue weighted by molar-refractivity contribution is -0.129. The van der Waals surface area contributed by atoms with Gasteiger partial charge in [-0.25, -0.2) is 0 Å². The van der Waals surface area contributed by atoms with Gasteiger partial charge in [0, 0.05) is 19.1 Å². The van der Waals surface area contributed by atoms with E-state index >= 15 is 0 Å². The number of phenolic OH excluding ortho intramolecular Hbond substituents is 1. The second-order valence-corrected chi connectivity index (χ2v) is 5.80. The van der Waals surface area contributed by atoms with Gasteiger partial charge in [0.1, 0.15) is 5.75 Å². The molecule has 1 aliphatic heterocycles. The van der Waals surface area contributed by atoms with Gasteiger partial charge in [-0.15, -0.1) is 0 Å². The number of nitrogens with one attached hydrogen (secondary N) is 1. The van der Waals surface area contributed by atoms with E-state index in [1.165, 1.54) is 11.1 Å². The van der Waals surface area contributed by atoms with Crippen LogP contribution in [0.3, 0.4) is 0 Å². The van der Waals surface area contributed by atoms with E-state index in [0.717, 1.165) is 45.2 Å². The average molecular weight is 274 g/mol. The van der Waals surface area contributed by atoms with E-state index in [1.54, 1.807) is 6.07 Å². The molecule has 4 nitrogen and oxygen atoms in total. The molecule has 1 amide bonds. The van der Waals surface area contributed by atoms with Crippen molar-refractivity contribution < 1.29 is 9.90 Å². The SMILES string of the molecule is O=C(CNC1CCCc2cc(O)ccc21)N1CCCC1. The smallest absolute Gasteiger partial charge is 0.236 e. The molecule has 108 valence electrons. The van der Waals surface area contributed by atoms with Crippen LogP contribution in [0.5, 0.6) is 5.75 Å². The van der Waals surface area contributed by atoms with Crippen molar-refractivity contribution in [3.05, 3.63) is 29.3 Å². The molecule has 1 saturated heterocycles. The van der Waals surface area contributed by atoms with Crippen LogP contribution in [0.15, 0.2) is 18.2 Å². The summed E-state index contributed by atoms with van der Waals surface area (Å²) in [5, 5.41) is 13.0. The molecule has 0 aromatic heterocycles. The molecular formula is C16H22N2O2. The fourth-order valence-corrected chi connectivity index (χ4v) is 3.30. The Morgan fingerprint density at radius 3 is 2.90 bits per heavy atom. The summed E-state index contributed by atoms with van der Waals surface area (Å²) in [6.07, 6.45) is 5.45. The maximum atomic E-state index is 12.1. The molecule has 4 heteroatoms. The molecule has 0 spiro atoms. The van der Waals surface area contributed by atoms with Crippen LogP contribution in [-0.2, 0) is 11.2 Å². The summed E-state index contributed by atoms with van der Waals surface area (Å²) >= 11 is 0. The number of fused-ring (bicyclic) bond motifs is 1. The number of hydrogen-bond acceptors (Lipinski definition) is 3. The predicted molar refractivity (Wildman–Crippen MR) is 77.6 cm³/mol. The summed E-state index contributed by atoms with van der Waals surface area (Å²) < 4.78 is 0. The molecular weight excluding hydrogens is 252 g/mol. The number of aryl methyl sites for hydroxylation is 1. The highest BCUT2D eigenvalue weighted by molar-refractivity contribution is 5.78. The van der Waals surface area contributed by atoms with Gasteiger partial charge in [0.05, 0.1) is 6.54 Å². The molecule has 1 aromatic rings. The number of likely N-dealkylation sites (tertiary alicyclic amines) is 1. The summed E-state index contributed by atoms with van der Waals surface area (Å²) in [4.78, 5) is 14.0. The first kappa shape index (κ1) is 13.4. The van der Waals surface area contributed by atoms with Gasteiger partial charge in [0.2, 0.25) is 5.91 Å². The number of benzene rings is 1. The second kappa shape index (κ2) is 5.83. The van der Waals surface area contributed by atoms with E-state index in [9.17, 15) is 9.90 Å². The molecule has 0 saturated carbocycles. The fraction of sp³-hybridized carbons (Fsp3) is 0.562. The molecule has 1 aliphatic carbocycles. The third-order valence-electron chi connectivity index (χ3n) is 4.40. The normalized spacial score (nSPS) is 21.8. The van der Waals surface area contributed by atoms with Crippen LogP contribution in [0.25, 0.3) is 0 Å². The van der Waals surface area contributed by atoms with E-state index in [4.69, 9.17) is 0 Å². The zero-order chi connectivity index (χ0) is 13.9. The molecule has 1 heterocycles. The maximum absolute atomic E-state index is 12.1. The summed E-state index contributed by atoms with van der Waals surface area (Å²) in [5.41, 5.74) is 2.45. The Balaban J connectivity index is 1.63. The first-order valence-electron chi connectivity index (χ1n) is 7.57. The Morgan fingerprint density at radius 1 is 1.30 bits per heavy atom. The molecule has 1 unspecified atom stereocenters. The largest absolute Gasteiger partial charge is 0.508 e. The van der Waals surface area contributed by atoms with Crippen molar-refractivity contribution in [1.82, 2.24) is 10.2 Å². The molecule has 1 fully saturated rings. The average Bonchev–Trinajstić information content (AvgIpc) is 2.98. The zero-order valence-electron chi connectivity index (χ0n) is 11.8. The zero-order valence-corrected chi connectivity index (χ0v) is 11.8. The quantitative estimate of drug-likeness (QED) is 0.886. The van der Waals surface area contributed by atoms with E-state index in [1.807, 2.05) is 17.0 Å². The van der Waals surface area contributed by atoms with Crippen molar-refractivity contribution in [3.8, 4) is 5.75 Å². The van der Waals surface area contributed by atoms with Crippen LogP contribution in [0.2, 0.25) is 0 Å². The first-order chi connectivity index (χ1) is 9.74. The third-order valence-corrected chi connectivity index (χ3v) is 4.40. The number of nitrogens with zero attached hydrogens (tertiary/aromatic N) is 1. The van der Waals surface area contributed by atoms with E-state index < -0.39 is 0 Å². The second-order valence-electron chi connectivity index (χ2n) is 5.80. The van der Waals surface area contributed by atoms with Crippen molar-refractivity contribution in [3.63, 3.8) is 0 Å². The predicted octanol–water partition coefficient (Wildman–Crippen LogP) is 1.98. The van der Waals surface area contributed by atoms with Gasteiger partial charge in [-0.2, -0.15) is 0 Å². The van der Waals surface area contributed by atoms with Crippen molar-refractivity contribution in [2.75, 3.05) is 19.6 Å². The van der Waals surface area contributed by atoms with Crippen LogP contribution in [0, 0.1) is 0 Å². The van der Waals surface area contributed by atoms with Crippen LogP contribution in [-0.4, -0.2) is 35.5 Å². The van der Waals surface area contributed by atoms with Gasteiger partial charge in [-0.1, -0.05) is 6.07 Å². The van der Waals surface area contributed by atoms with Crippen molar-refractivity contribution in [1.29, 1.82) is 0 Å². The maximum Gasteiger partial charge on any atom is 0.236 e. The lowest BCUT2D eigenvalue weighted by Gasteiger charge is -2.27. The summed E-state index contributed by atoms with van der Waals surface area (Å²) in [6, 6.07) is 5.82. The molecule has 0 radical (unpaired) electrons. The molecule has 20 heavy (non-hydrogen) atoms. The minimum atomic E-state index is 0.216. The Morgan fingerprint density at radius 2 is 2.10 bits per heavy atom. The number of carbonyl (C=O) groups is 1. The fourth-order valence-electron chi connectivity index (χ4n) is 3.30. The van der Waals surface area contributed by atoms with Gasteiger partial charge in [-0.3, -0.25) is 4.79 Å². The van der Waals surface area contributed by atoms with Gasteiger partial charge in [0.15, 0.2) is 0 Å². The standard InChI is InChI=1S/C16H22N2O2/c19-13-6-7-14-12(10-13)4-3-5-15(14)17-11-16(20)18-8-1-2-9-18/h6-7,10,15,17,19H,1-5,8-9,11H2. The number of aromatic hydroxyl groups is 1.